The van der Waals surface area contributed by atoms with Crippen molar-refractivity contribution in [2.45, 2.75) is 24.5 Å². The van der Waals surface area contributed by atoms with Crippen molar-refractivity contribution in [3.05, 3.63) is 21.3 Å². The van der Waals surface area contributed by atoms with Crippen molar-refractivity contribution in [1.82, 2.24) is 0 Å². The molecule has 1 unspecified atom stereocenters. The Labute approximate surface area is 96.8 Å². The van der Waals surface area contributed by atoms with Crippen molar-refractivity contribution in [1.29, 1.82) is 0 Å². The summed E-state index contributed by atoms with van der Waals surface area (Å²) in [5, 5.41) is 2.48. The molecule has 1 saturated heterocycles. The molecule has 2 rings (SSSR count). The van der Waals surface area contributed by atoms with Crippen LogP contribution in [-0.4, -0.2) is 16.3 Å². The Morgan fingerprint density at radius 3 is 2.93 bits per heavy atom. The molecule has 2 heterocycles. The molecule has 14 heavy (non-hydrogen) atoms. The van der Waals surface area contributed by atoms with Crippen LogP contribution >= 0.6 is 34.7 Å². The highest BCUT2D eigenvalue weighted by Crippen LogP contribution is 2.42. The molecular formula is C10H11ClOS2. The Balaban J connectivity index is 2.28. The normalized spacial score (nSPS) is 26.7. The van der Waals surface area contributed by atoms with Crippen molar-refractivity contribution in [3.8, 4) is 0 Å². The van der Waals surface area contributed by atoms with Crippen LogP contribution in [0.5, 0.6) is 0 Å². The molecule has 1 atom stereocenters. The second kappa shape index (κ2) is 3.87. The van der Waals surface area contributed by atoms with Gasteiger partial charge in [0.1, 0.15) is 0 Å². The van der Waals surface area contributed by atoms with Gasteiger partial charge in [-0.25, -0.2) is 0 Å². The predicted molar refractivity (Wildman–Crippen MR) is 63.8 cm³/mol. The largest absolute Gasteiger partial charge is 0.292 e. The molecule has 0 saturated carbocycles. The first-order valence-electron chi connectivity index (χ1n) is 4.55. The minimum atomic E-state index is -0.228. The van der Waals surface area contributed by atoms with Gasteiger partial charge in [0.05, 0.1) is 14.6 Å². The van der Waals surface area contributed by atoms with Crippen LogP contribution in [0.25, 0.3) is 0 Å². The fourth-order valence-corrected chi connectivity index (χ4v) is 4.19. The Hall–Kier alpha value is 0.01000. The third-order valence-electron chi connectivity index (χ3n) is 2.52. The smallest absolute Gasteiger partial charge is 0.189 e. The molecular weight excluding hydrogens is 236 g/mol. The third kappa shape index (κ3) is 1.73. The maximum atomic E-state index is 12.2. The van der Waals surface area contributed by atoms with Gasteiger partial charge in [-0.3, -0.25) is 4.79 Å². The molecule has 1 aliphatic heterocycles. The average molecular weight is 247 g/mol. The molecule has 1 fully saturated rings. The van der Waals surface area contributed by atoms with E-state index in [9.17, 15) is 4.79 Å². The molecule has 1 aliphatic rings. The van der Waals surface area contributed by atoms with Gasteiger partial charge < -0.3 is 0 Å². The van der Waals surface area contributed by atoms with Gasteiger partial charge in [-0.15, -0.1) is 23.1 Å². The van der Waals surface area contributed by atoms with Crippen LogP contribution in [0, 0.1) is 0 Å². The van der Waals surface area contributed by atoms with Crippen molar-refractivity contribution < 1.29 is 4.79 Å². The van der Waals surface area contributed by atoms with Crippen molar-refractivity contribution in [3.63, 3.8) is 0 Å². The fourth-order valence-electron chi connectivity index (χ4n) is 1.65. The van der Waals surface area contributed by atoms with Gasteiger partial charge in [0.25, 0.3) is 0 Å². The number of hydrogen-bond acceptors (Lipinski definition) is 3. The zero-order valence-electron chi connectivity index (χ0n) is 7.88. The van der Waals surface area contributed by atoms with Gasteiger partial charge in [0, 0.05) is 0 Å². The molecule has 0 aliphatic carbocycles. The van der Waals surface area contributed by atoms with E-state index in [0.717, 1.165) is 23.5 Å². The van der Waals surface area contributed by atoms with Crippen molar-refractivity contribution in [2.75, 3.05) is 5.75 Å². The van der Waals surface area contributed by atoms with Gasteiger partial charge in [0.2, 0.25) is 0 Å². The lowest BCUT2D eigenvalue weighted by Crippen LogP contribution is -2.28. The maximum Gasteiger partial charge on any atom is 0.189 e. The van der Waals surface area contributed by atoms with Crippen molar-refractivity contribution >= 4 is 40.5 Å². The van der Waals surface area contributed by atoms with E-state index in [2.05, 4.69) is 0 Å². The first-order chi connectivity index (χ1) is 6.63. The number of rotatable bonds is 2. The monoisotopic (exact) mass is 246 g/mol. The van der Waals surface area contributed by atoms with Crippen LogP contribution < -0.4 is 0 Å². The van der Waals surface area contributed by atoms with E-state index < -0.39 is 0 Å². The van der Waals surface area contributed by atoms with Gasteiger partial charge in [-0.1, -0.05) is 11.6 Å². The molecule has 0 radical (unpaired) electrons. The molecule has 1 aromatic heterocycles. The van der Waals surface area contributed by atoms with E-state index >= 15 is 0 Å². The maximum absolute atomic E-state index is 12.2. The SMILES string of the molecule is CC1(C(=O)c2sccc2Cl)CCCS1. The lowest BCUT2D eigenvalue weighted by molar-refractivity contribution is 0.0953. The Bertz CT molecular complexity index is 353. The summed E-state index contributed by atoms with van der Waals surface area (Å²) >= 11 is 9.16. The molecule has 0 bridgehead atoms. The lowest BCUT2D eigenvalue weighted by atomic mass is 9.99. The van der Waals surface area contributed by atoms with Gasteiger partial charge in [0.15, 0.2) is 5.78 Å². The highest BCUT2D eigenvalue weighted by atomic mass is 35.5. The number of thioether (sulfide) groups is 1. The number of carbonyl (C=O) groups excluding carboxylic acids is 1. The lowest BCUT2D eigenvalue weighted by Gasteiger charge is -2.19. The van der Waals surface area contributed by atoms with E-state index in [1.54, 1.807) is 17.8 Å². The van der Waals surface area contributed by atoms with Crippen LogP contribution in [0.2, 0.25) is 5.02 Å². The Morgan fingerprint density at radius 2 is 2.43 bits per heavy atom. The van der Waals surface area contributed by atoms with Crippen LogP contribution in [0.1, 0.15) is 29.4 Å². The average Bonchev–Trinajstić information content (AvgIpc) is 2.74. The van der Waals surface area contributed by atoms with Crippen LogP contribution in [-0.2, 0) is 0 Å². The zero-order chi connectivity index (χ0) is 10.2. The Kier molecular flexibility index (Phi) is 2.91. The van der Waals surface area contributed by atoms with Gasteiger partial charge >= 0.3 is 0 Å². The van der Waals surface area contributed by atoms with Crippen LogP contribution in [0.15, 0.2) is 11.4 Å². The predicted octanol–water partition coefficient (Wildman–Crippen LogP) is 3.87. The second-order valence-corrected chi connectivity index (χ2v) is 6.53. The highest BCUT2D eigenvalue weighted by Gasteiger charge is 2.38. The van der Waals surface area contributed by atoms with Gasteiger partial charge in [-0.2, -0.15) is 0 Å². The quantitative estimate of drug-likeness (QED) is 0.737. The highest BCUT2D eigenvalue weighted by molar-refractivity contribution is 8.01. The standard InChI is InChI=1S/C10H11ClOS2/c1-10(4-2-5-14-10)9(12)8-7(11)3-6-13-8/h3,6H,2,4-5H2,1H3. The summed E-state index contributed by atoms with van der Waals surface area (Å²) in [7, 11) is 0. The summed E-state index contributed by atoms with van der Waals surface area (Å²) in [6.07, 6.45) is 2.11. The molecule has 0 amide bonds. The third-order valence-corrected chi connectivity index (χ3v) is 5.38. The summed E-state index contributed by atoms with van der Waals surface area (Å²) in [6, 6.07) is 1.79. The molecule has 76 valence electrons. The first-order valence-corrected chi connectivity index (χ1v) is 6.79. The minimum Gasteiger partial charge on any atom is -0.292 e. The summed E-state index contributed by atoms with van der Waals surface area (Å²) in [5.41, 5.74) is 0. The van der Waals surface area contributed by atoms with E-state index in [0.29, 0.717) is 5.02 Å². The molecule has 1 aromatic rings. The minimum absolute atomic E-state index is 0.208. The van der Waals surface area contributed by atoms with E-state index in [1.807, 2.05) is 12.3 Å². The molecule has 0 N–H and O–H groups in total. The summed E-state index contributed by atoms with van der Waals surface area (Å²) in [6.45, 7) is 2.03. The van der Waals surface area contributed by atoms with Gasteiger partial charge in [-0.05, 0) is 37.0 Å². The van der Waals surface area contributed by atoms with E-state index in [-0.39, 0.29) is 10.5 Å². The molecule has 1 nitrogen and oxygen atoms in total. The molecule has 4 heteroatoms. The fraction of sp³-hybridized carbons (Fsp3) is 0.500. The Morgan fingerprint density at radius 1 is 1.64 bits per heavy atom. The number of carbonyl (C=O) groups is 1. The number of halogens is 1. The van der Waals surface area contributed by atoms with Crippen LogP contribution in [0.3, 0.4) is 0 Å². The summed E-state index contributed by atoms with van der Waals surface area (Å²) in [5.74, 6) is 1.30. The first kappa shape index (κ1) is 10.5. The number of ketones is 1. The topological polar surface area (TPSA) is 17.1 Å². The molecule has 0 spiro atoms. The number of Topliss-reactive ketones (excluding diaryl/α,β-unsaturated/α-hetero) is 1. The van der Waals surface area contributed by atoms with E-state index in [4.69, 9.17) is 11.6 Å². The summed E-state index contributed by atoms with van der Waals surface area (Å²) < 4.78 is -0.228. The van der Waals surface area contributed by atoms with E-state index in [1.165, 1.54) is 11.3 Å². The molecule has 0 aromatic carbocycles. The van der Waals surface area contributed by atoms with Crippen molar-refractivity contribution in [2.24, 2.45) is 0 Å². The zero-order valence-corrected chi connectivity index (χ0v) is 10.3. The summed E-state index contributed by atoms with van der Waals surface area (Å²) in [4.78, 5) is 12.9. The van der Waals surface area contributed by atoms with Crippen LogP contribution in [0.4, 0.5) is 0 Å². The number of hydrogen-bond donors (Lipinski definition) is 0. The number of thiophene rings is 1. The second-order valence-electron chi connectivity index (χ2n) is 3.61.